The van der Waals surface area contributed by atoms with E-state index in [1.165, 1.54) is 6.92 Å². The van der Waals surface area contributed by atoms with Crippen LogP contribution in [0.25, 0.3) is 0 Å². The van der Waals surface area contributed by atoms with Gasteiger partial charge in [-0.1, -0.05) is 29.3 Å². The first-order valence-corrected chi connectivity index (χ1v) is 6.50. The van der Waals surface area contributed by atoms with E-state index in [0.717, 1.165) is 5.56 Å². The fourth-order valence-corrected chi connectivity index (χ4v) is 2.01. The highest BCUT2D eigenvalue weighted by Crippen LogP contribution is 2.21. The number of Topliss-reactive ketones (excluding diaryl/α,β-unsaturated/α-hetero) is 1. The van der Waals surface area contributed by atoms with E-state index in [9.17, 15) is 9.59 Å². The van der Waals surface area contributed by atoms with Crippen molar-refractivity contribution in [3.05, 3.63) is 46.1 Å². The van der Waals surface area contributed by atoms with Crippen molar-refractivity contribution in [1.82, 2.24) is 9.78 Å². The third-order valence-corrected chi connectivity index (χ3v) is 3.14. The van der Waals surface area contributed by atoms with Gasteiger partial charge >= 0.3 is 0 Å². The second-order valence-corrected chi connectivity index (χ2v) is 4.99. The van der Waals surface area contributed by atoms with E-state index in [1.54, 1.807) is 35.1 Å². The Morgan fingerprint density at radius 1 is 1.30 bits per heavy atom. The second-order valence-electron chi connectivity index (χ2n) is 4.14. The van der Waals surface area contributed by atoms with Crippen molar-refractivity contribution in [2.45, 2.75) is 13.5 Å². The van der Waals surface area contributed by atoms with Gasteiger partial charge in [0.15, 0.2) is 5.82 Å². The zero-order valence-electron chi connectivity index (χ0n) is 10.6. The number of carbonyl (C=O) groups excluding carboxylic acids is 2. The zero-order valence-corrected chi connectivity index (χ0v) is 12.1. The number of nitrogens with zero attached hydrogens (tertiary/aromatic N) is 2. The molecule has 0 fully saturated rings. The molecule has 0 aliphatic rings. The first kappa shape index (κ1) is 14.6. The number of ketones is 1. The van der Waals surface area contributed by atoms with Crippen LogP contribution in [-0.2, 0) is 16.1 Å². The van der Waals surface area contributed by atoms with Gasteiger partial charge in [-0.05, 0) is 17.7 Å². The lowest BCUT2D eigenvalue weighted by Crippen LogP contribution is -2.20. The number of aromatic nitrogens is 2. The van der Waals surface area contributed by atoms with Crippen molar-refractivity contribution >= 4 is 40.7 Å². The predicted octanol–water partition coefficient (Wildman–Crippen LogP) is 2.77. The quantitative estimate of drug-likeness (QED) is 0.883. The van der Waals surface area contributed by atoms with E-state index in [1.807, 2.05) is 0 Å². The summed E-state index contributed by atoms with van der Waals surface area (Å²) in [5.41, 5.74) is 0.851. The van der Waals surface area contributed by atoms with E-state index in [0.29, 0.717) is 22.4 Å². The Morgan fingerprint density at radius 2 is 2.05 bits per heavy atom. The average Bonchev–Trinajstić information content (AvgIpc) is 2.80. The molecule has 5 nitrogen and oxygen atoms in total. The molecule has 2 aromatic rings. The molecule has 1 heterocycles. The number of nitrogens with one attached hydrogen (secondary N) is 1. The normalized spacial score (nSPS) is 10.3. The van der Waals surface area contributed by atoms with E-state index < -0.39 is 11.7 Å². The first-order chi connectivity index (χ1) is 9.45. The van der Waals surface area contributed by atoms with Gasteiger partial charge < -0.3 is 5.32 Å². The molecular formula is C13H11Cl2N3O2. The van der Waals surface area contributed by atoms with Crippen LogP contribution in [0.2, 0.25) is 10.0 Å². The number of anilines is 1. The van der Waals surface area contributed by atoms with E-state index in [4.69, 9.17) is 23.2 Å². The van der Waals surface area contributed by atoms with Crippen molar-refractivity contribution in [3.8, 4) is 0 Å². The van der Waals surface area contributed by atoms with E-state index in [2.05, 4.69) is 10.4 Å². The Morgan fingerprint density at radius 3 is 2.70 bits per heavy atom. The fourth-order valence-electron chi connectivity index (χ4n) is 1.55. The van der Waals surface area contributed by atoms with Crippen LogP contribution in [0.15, 0.2) is 30.5 Å². The van der Waals surface area contributed by atoms with Gasteiger partial charge in [0, 0.05) is 29.2 Å². The highest BCUT2D eigenvalue weighted by molar-refractivity contribution is 6.39. The maximum atomic E-state index is 11.2. The molecular weight excluding hydrogens is 301 g/mol. The summed E-state index contributed by atoms with van der Waals surface area (Å²) >= 11 is 11.9. The third-order valence-electron chi connectivity index (χ3n) is 2.55. The molecule has 1 N–H and O–H groups in total. The van der Waals surface area contributed by atoms with Gasteiger partial charge in [-0.15, -0.1) is 0 Å². The summed E-state index contributed by atoms with van der Waals surface area (Å²) < 4.78 is 1.60. The van der Waals surface area contributed by atoms with Crippen LogP contribution in [0.4, 0.5) is 5.82 Å². The minimum absolute atomic E-state index is 0.315. The van der Waals surface area contributed by atoms with Gasteiger partial charge in [0.2, 0.25) is 5.78 Å². The zero-order chi connectivity index (χ0) is 14.7. The molecule has 0 radical (unpaired) electrons. The molecule has 1 amide bonds. The molecule has 0 unspecified atom stereocenters. The first-order valence-electron chi connectivity index (χ1n) is 5.75. The predicted molar refractivity (Wildman–Crippen MR) is 77.1 cm³/mol. The summed E-state index contributed by atoms with van der Waals surface area (Å²) in [5, 5.41) is 7.64. The second kappa shape index (κ2) is 6.07. The molecule has 0 spiro atoms. The molecule has 7 heteroatoms. The summed E-state index contributed by atoms with van der Waals surface area (Å²) in [4.78, 5) is 22.1. The van der Waals surface area contributed by atoms with Crippen LogP contribution in [0.5, 0.6) is 0 Å². The van der Waals surface area contributed by atoms with Crippen LogP contribution < -0.4 is 5.32 Å². The Balaban J connectivity index is 2.09. The lowest BCUT2D eigenvalue weighted by molar-refractivity contribution is -0.133. The van der Waals surface area contributed by atoms with Crippen LogP contribution >= 0.6 is 23.2 Å². The Labute approximate surface area is 125 Å². The maximum absolute atomic E-state index is 11.2. The highest BCUT2D eigenvalue weighted by atomic mass is 35.5. The van der Waals surface area contributed by atoms with Crippen molar-refractivity contribution < 1.29 is 9.59 Å². The summed E-state index contributed by atoms with van der Waals surface area (Å²) in [6, 6.07) is 6.80. The van der Waals surface area contributed by atoms with Crippen molar-refractivity contribution in [2.24, 2.45) is 0 Å². The number of amides is 1. The molecule has 0 saturated carbocycles. The van der Waals surface area contributed by atoms with Gasteiger partial charge in [0.05, 0.1) is 6.54 Å². The molecule has 1 aromatic heterocycles. The summed E-state index contributed by atoms with van der Waals surface area (Å²) in [5.74, 6) is -0.949. The Hall–Kier alpha value is -1.85. The fraction of sp³-hybridized carbons (Fsp3) is 0.154. The Kier molecular flexibility index (Phi) is 4.42. The third kappa shape index (κ3) is 3.59. The number of carbonyl (C=O) groups is 2. The van der Waals surface area contributed by atoms with Crippen molar-refractivity contribution in [2.75, 3.05) is 5.32 Å². The lowest BCUT2D eigenvalue weighted by Gasteiger charge is -2.05. The van der Waals surface area contributed by atoms with Gasteiger partial charge in [-0.25, -0.2) is 0 Å². The largest absolute Gasteiger partial charge is 0.303 e. The lowest BCUT2D eigenvalue weighted by atomic mass is 10.2. The molecule has 0 atom stereocenters. The monoisotopic (exact) mass is 311 g/mol. The van der Waals surface area contributed by atoms with Crippen LogP contribution in [0, 0.1) is 0 Å². The van der Waals surface area contributed by atoms with Crippen molar-refractivity contribution in [3.63, 3.8) is 0 Å². The number of halogens is 2. The molecule has 0 saturated heterocycles. The van der Waals surface area contributed by atoms with Crippen molar-refractivity contribution in [1.29, 1.82) is 0 Å². The minimum atomic E-state index is -0.695. The van der Waals surface area contributed by atoms with Gasteiger partial charge in [-0.2, -0.15) is 5.10 Å². The number of hydrogen-bond donors (Lipinski definition) is 1. The molecule has 2 rings (SSSR count). The van der Waals surface area contributed by atoms with E-state index in [-0.39, 0.29) is 0 Å². The smallest absolute Gasteiger partial charge is 0.292 e. The molecule has 0 aliphatic carbocycles. The molecule has 1 aromatic carbocycles. The maximum Gasteiger partial charge on any atom is 0.292 e. The van der Waals surface area contributed by atoms with Gasteiger partial charge in [0.1, 0.15) is 0 Å². The number of rotatable bonds is 4. The van der Waals surface area contributed by atoms with E-state index >= 15 is 0 Å². The number of hydrogen-bond acceptors (Lipinski definition) is 3. The van der Waals surface area contributed by atoms with Crippen LogP contribution in [0.1, 0.15) is 12.5 Å². The van der Waals surface area contributed by atoms with Gasteiger partial charge in [-0.3, -0.25) is 14.3 Å². The summed E-state index contributed by atoms with van der Waals surface area (Å²) in [6.07, 6.45) is 1.68. The molecule has 104 valence electrons. The Bertz CT molecular complexity index is 667. The molecule has 0 bridgehead atoms. The summed E-state index contributed by atoms with van der Waals surface area (Å²) in [6.45, 7) is 1.63. The number of benzene rings is 1. The average molecular weight is 312 g/mol. The standard InChI is InChI=1S/C13H11Cl2N3O2/c1-8(19)13(20)16-12-4-5-18(17-12)7-9-2-3-10(14)6-11(9)15/h2-6H,7H2,1H3,(H,16,17,20). The highest BCUT2D eigenvalue weighted by Gasteiger charge is 2.10. The van der Waals surface area contributed by atoms with Crippen LogP contribution in [-0.4, -0.2) is 21.5 Å². The summed E-state index contributed by atoms with van der Waals surface area (Å²) in [7, 11) is 0. The minimum Gasteiger partial charge on any atom is -0.303 e. The molecule has 0 aliphatic heterocycles. The topological polar surface area (TPSA) is 64.0 Å². The SMILES string of the molecule is CC(=O)C(=O)Nc1ccn(Cc2ccc(Cl)cc2Cl)n1. The van der Waals surface area contributed by atoms with Crippen LogP contribution in [0.3, 0.4) is 0 Å². The molecule has 20 heavy (non-hydrogen) atoms. The van der Waals surface area contributed by atoms with Gasteiger partial charge in [0.25, 0.3) is 5.91 Å².